The topological polar surface area (TPSA) is 24.9 Å². The van der Waals surface area contributed by atoms with Crippen molar-refractivity contribution in [1.82, 2.24) is 10.3 Å². The third kappa shape index (κ3) is 0.978. The van der Waals surface area contributed by atoms with Crippen molar-refractivity contribution >= 4 is 11.3 Å². The van der Waals surface area contributed by atoms with E-state index in [2.05, 4.69) is 27.8 Å². The summed E-state index contributed by atoms with van der Waals surface area (Å²) < 4.78 is 0. The van der Waals surface area contributed by atoms with Crippen LogP contribution in [0.3, 0.4) is 0 Å². The van der Waals surface area contributed by atoms with E-state index in [1.54, 1.807) is 11.3 Å². The van der Waals surface area contributed by atoms with E-state index in [0.717, 1.165) is 12.2 Å². The summed E-state index contributed by atoms with van der Waals surface area (Å²) in [6, 6.07) is 0.367. The van der Waals surface area contributed by atoms with Gasteiger partial charge in [0.1, 0.15) is 0 Å². The maximum absolute atomic E-state index is 4.20. The van der Waals surface area contributed by atoms with E-state index in [4.69, 9.17) is 0 Å². The molecule has 1 aromatic heterocycles. The molecule has 0 spiro atoms. The first kappa shape index (κ1) is 6.07. The fraction of sp³-hybridized carbons (Fsp3) is 0.286. The van der Waals surface area contributed by atoms with Crippen LogP contribution in [0.25, 0.3) is 0 Å². The number of thiazole rings is 1. The Kier molecular flexibility index (Phi) is 1.53. The molecule has 1 aliphatic heterocycles. The summed E-state index contributed by atoms with van der Waals surface area (Å²) in [5, 5.41) is 5.37. The molecule has 0 aromatic carbocycles. The Balaban J connectivity index is 2.20. The molecule has 2 rings (SSSR count). The van der Waals surface area contributed by atoms with Gasteiger partial charge in [-0.2, -0.15) is 0 Å². The van der Waals surface area contributed by atoms with Gasteiger partial charge in [0.15, 0.2) is 0 Å². The number of aromatic nitrogens is 1. The van der Waals surface area contributed by atoms with Crippen LogP contribution in [0.1, 0.15) is 11.7 Å². The highest BCUT2D eigenvalue weighted by Gasteiger charge is 2.11. The molecule has 0 bridgehead atoms. The van der Waals surface area contributed by atoms with Gasteiger partial charge in [-0.1, -0.05) is 12.2 Å². The highest BCUT2D eigenvalue weighted by molar-refractivity contribution is 7.07. The quantitative estimate of drug-likeness (QED) is 0.614. The Bertz CT molecular complexity index is 228. The number of nitrogens with one attached hydrogen (secondary N) is 1. The Morgan fingerprint density at radius 3 is 3.30 bits per heavy atom. The number of nitrogens with zero attached hydrogens (tertiary/aromatic N) is 1. The minimum Gasteiger partial charge on any atom is -0.302 e. The SMILES string of the molecule is C1=CC(c2cscn2)NC1. The Labute approximate surface area is 63.6 Å². The van der Waals surface area contributed by atoms with Crippen LogP contribution in [-0.4, -0.2) is 11.5 Å². The van der Waals surface area contributed by atoms with Crippen molar-refractivity contribution in [3.8, 4) is 0 Å². The van der Waals surface area contributed by atoms with Crippen LogP contribution < -0.4 is 5.32 Å². The average Bonchev–Trinajstić information content (AvgIpc) is 2.59. The maximum Gasteiger partial charge on any atom is 0.0795 e. The summed E-state index contributed by atoms with van der Waals surface area (Å²) >= 11 is 1.64. The van der Waals surface area contributed by atoms with Gasteiger partial charge in [-0.3, -0.25) is 0 Å². The lowest BCUT2D eigenvalue weighted by molar-refractivity contribution is 0.697. The molecule has 1 aromatic rings. The zero-order valence-corrected chi connectivity index (χ0v) is 6.27. The Morgan fingerprint density at radius 2 is 2.70 bits per heavy atom. The molecule has 1 unspecified atom stereocenters. The smallest absolute Gasteiger partial charge is 0.0795 e. The van der Waals surface area contributed by atoms with Crippen molar-refractivity contribution < 1.29 is 0 Å². The summed E-state index contributed by atoms with van der Waals surface area (Å²) in [6.07, 6.45) is 4.28. The predicted octanol–water partition coefficient (Wildman–Crippen LogP) is 1.34. The highest BCUT2D eigenvalue weighted by atomic mass is 32.1. The fourth-order valence-electron chi connectivity index (χ4n) is 1.05. The summed E-state index contributed by atoms with van der Waals surface area (Å²) in [6.45, 7) is 0.974. The monoisotopic (exact) mass is 152 g/mol. The van der Waals surface area contributed by atoms with Crippen LogP contribution in [0.2, 0.25) is 0 Å². The zero-order valence-electron chi connectivity index (χ0n) is 5.45. The molecule has 0 amide bonds. The largest absolute Gasteiger partial charge is 0.302 e. The van der Waals surface area contributed by atoms with Crippen LogP contribution in [0, 0.1) is 0 Å². The van der Waals surface area contributed by atoms with E-state index >= 15 is 0 Å². The Hall–Kier alpha value is -0.670. The molecule has 2 nitrogen and oxygen atoms in total. The van der Waals surface area contributed by atoms with Crippen LogP contribution in [0.4, 0.5) is 0 Å². The maximum atomic E-state index is 4.20. The number of hydrogen-bond donors (Lipinski definition) is 1. The lowest BCUT2D eigenvalue weighted by Crippen LogP contribution is -2.13. The minimum atomic E-state index is 0.367. The molecule has 1 aliphatic rings. The molecule has 52 valence electrons. The van der Waals surface area contributed by atoms with Crippen molar-refractivity contribution in [3.63, 3.8) is 0 Å². The second kappa shape index (κ2) is 2.52. The molecule has 10 heavy (non-hydrogen) atoms. The first-order chi connectivity index (χ1) is 4.97. The first-order valence-electron chi connectivity index (χ1n) is 3.25. The van der Waals surface area contributed by atoms with Crippen molar-refractivity contribution in [3.05, 3.63) is 28.7 Å². The van der Waals surface area contributed by atoms with Gasteiger partial charge in [-0.15, -0.1) is 11.3 Å². The number of rotatable bonds is 1. The molecule has 0 saturated heterocycles. The van der Waals surface area contributed by atoms with Gasteiger partial charge in [0.25, 0.3) is 0 Å². The van der Waals surface area contributed by atoms with Crippen molar-refractivity contribution in [2.75, 3.05) is 6.54 Å². The molecule has 0 fully saturated rings. The van der Waals surface area contributed by atoms with Gasteiger partial charge in [0.2, 0.25) is 0 Å². The van der Waals surface area contributed by atoms with Gasteiger partial charge in [-0.05, 0) is 0 Å². The summed E-state index contributed by atoms with van der Waals surface area (Å²) in [5.41, 5.74) is 3.00. The molecule has 1 N–H and O–H groups in total. The molecule has 1 atom stereocenters. The third-order valence-corrected chi connectivity index (χ3v) is 2.16. The minimum absolute atomic E-state index is 0.367. The second-order valence-corrected chi connectivity index (χ2v) is 2.95. The molecule has 0 aliphatic carbocycles. The highest BCUT2D eigenvalue weighted by Crippen LogP contribution is 2.16. The van der Waals surface area contributed by atoms with E-state index in [0.29, 0.717) is 6.04 Å². The van der Waals surface area contributed by atoms with Crippen LogP contribution in [0.15, 0.2) is 23.0 Å². The van der Waals surface area contributed by atoms with Gasteiger partial charge in [-0.25, -0.2) is 4.98 Å². The standard InChI is InChI=1S/C7H8N2S/c1-2-6(8-3-1)7-4-10-5-9-7/h1-2,4-6,8H,3H2. The third-order valence-electron chi connectivity index (χ3n) is 1.55. The lowest BCUT2D eigenvalue weighted by Gasteiger charge is -2.02. The average molecular weight is 152 g/mol. The van der Waals surface area contributed by atoms with E-state index in [1.807, 2.05) is 5.51 Å². The predicted molar refractivity (Wildman–Crippen MR) is 42.0 cm³/mol. The normalized spacial score (nSPS) is 23.8. The molecule has 0 radical (unpaired) electrons. The van der Waals surface area contributed by atoms with E-state index < -0.39 is 0 Å². The van der Waals surface area contributed by atoms with Crippen LogP contribution >= 0.6 is 11.3 Å². The fourth-order valence-corrected chi connectivity index (χ4v) is 1.64. The van der Waals surface area contributed by atoms with Gasteiger partial charge >= 0.3 is 0 Å². The van der Waals surface area contributed by atoms with E-state index in [9.17, 15) is 0 Å². The Morgan fingerprint density at radius 1 is 1.70 bits per heavy atom. The van der Waals surface area contributed by atoms with Crippen molar-refractivity contribution in [1.29, 1.82) is 0 Å². The van der Waals surface area contributed by atoms with E-state index in [1.165, 1.54) is 0 Å². The first-order valence-corrected chi connectivity index (χ1v) is 4.19. The van der Waals surface area contributed by atoms with E-state index in [-0.39, 0.29) is 0 Å². The summed E-state index contributed by atoms with van der Waals surface area (Å²) in [4.78, 5) is 4.20. The van der Waals surface area contributed by atoms with Gasteiger partial charge in [0.05, 0.1) is 17.2 Å². The molecule has 3 heteroatoms. The molecule has 0 saturated carbocycles. The molecular formula is C7H8N2S. The zero-order chi connectivity index (χ0) is 6.81. The summed E-state index contributed by atoms with van der Waals surface area (Å²) in [5.74, 6) is 0. The molecule has 2 heterocycles. The van der Waals surface area contributed by atoms with Gasteiger partial charge < -0.3 is 5.32 Å². The number of hydrogen-bond acceptors (Lipinski definition) is 3. The van der Waals surface area contributed by atoms with Crippen LogP contribution in [0.5, 0.6) is 0 Å². The lowest BCUT2D eigenvalue weighted by atomic mass is 10.2. The van der Waals surface area contributed by atoms with Crippen LogP contribution in [-0.2, 0) is 0 Å². The summed E-state index contributed by atoms with van der Waals surface area (Å²) in [7, 11) is 0. The second-order valence-electron chi connectivity index (χ2n) is 2.23. The van der Waals surface area contributed by atoms with Crippen molar-refractivity contribution in [2.24, 2.45) is 0 Å². The van der Waals surface area contributed by atoms with Crippen molar-refractivity contribution in [2.45, 2.75) is 6.04 Å². The van der Waals surface area contributed by atoms with Gasteiger partial charge in [0, 0.05) is 11.9 Å². The molecular weight excluding hydrogens is 144 g/mol.